The number of carbonyl (C=O) groups is 1. The molecule has 0 fully saturated rings. The Morgan fingerprint density at radius 1 is 1.83 bits per heavy atom. The second-order valence-electron chi connectivity index (χ2n) is 2.17. The molecule has 7 nitrogen and oxygen atoms in total. The van der Waals surface area contributed by atoms with Crippen LogP contribution in [0.15, 0.2) is 0 Å². The summed E-state index contributed by atoms with van der Waals surface area (Å²) in [7, 11) is 0. The van der Waals surface area contributed by atoms with Gasteiger partial charge in [-0.3, -0.25) is 4.79 Å². The van der Waals surface area contributed by atoms with Crippen molar-refractivity contribution in [2.75, 3.05) is 0 Å². The number of hydrogen-bond donors (Lipinski definition) is 2. The molecule has 1 rings (SSSR count). The molecule has 0 aliphatic carbocycles. The van der Waals surface area contributed by atoms with Crippen molar-refractivity contribution >= 4 is 5.97 Å². The van der Waals surface area contributed by atoms with E-state index in [4.69, 9.17) is 10.8 Å². The lowest BCUT2D eigenvalue weighted by atomic mass is 10.3. The maximum absolute atomic E-state index is 10.4. The van der Waals surface area contributed by atoms with E-state index in [1.54, 1.807) is 6.92 Å². The van der Waals surface area contributed by atoms with Crippen molar-refractivity contribution in [3.63, 3.8) is 0 Å². The average molecular weight is 171 g/mol. The van der Waals surface area contributed by atoms with Crippen LogP contribution in [0.3, 0.4) is 0 Å². The van der Waals surface area contributed by atoms with Crippen LogP contribution in [0.1, 0.15) is 18.8 Å². The molecule has 0 aliphatic rings. The highest BCUT2D eigenvalue weighted by Gasteiger charge is 2.20. The molecule has 0 radical (unpaired) electrons. The fourth-order valence-electron chi connectivity index (χ4n) is 0.770. The van der Waals surface area contributed by atoms with Gasteiger partial charge in [-0.05, 0) is 17.4 Å². The van der Waals surface area contributed by atoms with Crippen LogP contribution in [0.4, 0.5) is 0 Å². The van der Waals surface area contributed by atoms with Crippen LogP contribution in [0.5, 0.6) is 0 Å². The van der Waals surface area contributed by atoms with Crippen molar-refractivity contribution < 1.29 is 9.90 Å². The van der Waals surface area contributed by atoms with E-state index in [1.807, 2.05) is 0 Å². The van der Waals surface area contributed by atoms with Gasteiger partial charge in [-0.15, -0.1) is 5.10 Å². The summed E-state index contributed by atoms with van der Waals surface area (Å²) in [6, 6.07) is -1.15. The minimum absolute atomic E-state index is 0.171. The SMILES string of the molecule is CCn1nnnc1C(N)C(=O)O. The minimum atomic E-state index is -1.15. The standard InChI is InChI=1S/C5H9N5O2/c1-2-10-4(7-8-9-10)3(6)5(11)12/h3H,2,6H2,1H3,(H,11,12). The smallest absolute Gasteiger partial charge is 0.328 e. The molecule has 66 valence electrons. The van der Waals surface area contributed by atoms with Crippen molar-refractivity contribution in [1.82, 2.24) is 20.2 Å². The Bertz CT molecular complexity index is 283. The van der Waals surface area contributed by atoms with Gasteiger partial charge in [0.1, 0.15) is 0 Å². The third kappa shape index (κ3) is 1.40. The Balaban J connectivity index is 2.93. The maximum Gasteiger partial charge on any atom is 0.328 e. The Hall–Kier alpha value is -1.50. The van der Waals surface area contributed by atoms with Crippen LogP contribution in [-0.2, 0) is 11.3 Å². The second-order valence-corrected chi connectivity index (χ2v) is 2.17. The van der Waals surface area contributed by atoms with Crippen molar-refractivity contribution in [3.8, 4) is 0 Å². The zero-order valence-corrected chi connectivity index (χ0v) is 6.51. The number of aromatic nitrogens is 4. The molecule has 1 atom stereocenters. The van der Waals surface area contributed by atoms with E-state index >= 15 is 0 Å². The summed E-state index contributed by atoms with van der Waals surface area (Å²) in [6.45, 7) is 2.30. The molecule has 1 aromatic heterocycles. The molecule has 0 saturated heterocycles. The topological polar surface area (TPSA) is 107 Å². The van der Waals surface area contributed by atoms with Gasteiger partial charge in [-0.1, -0.05) is 0 Å². The van der Waals surface area contributed by atoms with Gasteiger partial charge in [-0.25, -0.2) is 4.68 Å². The Kier molecular flexibility index (Phi) is 2.34. The Labute approximate surface area is 68.2 Å². The molecule has 1 unspecified atom stereocenters. The third-order valence-corrected chi connectivity index (χ3v) is 1.40. The lowest BCUT2D eigenvalue weighted by molar-refractivity contribution is -0.138. The second kappa shape index (κ2) is 3.26. The highest BCUT2D eigenvalue weighted by Crippen LogP contribution is 2.03. The van der Waals surface area contributed by atoms with Crippen molar-refractivity contribution in [3.05, 3.63) is 5.82 Å². The largest absolute Gasteiger partial charge is 0.480 e. The van der Waals surface area contributed by atoms with E-state index in [0.29, 0.717) is 6.54 Å². The van der Waals surface area contributed by atoms with Crippen molar-refractivity contribution in [2.45, 2.75) is 19.5 Å². The molecule has 3 N–H and O–H groups in total. The third-order valence-electron chi connectivity index (χ3n) is 1.40. The number of tetrazole rings is 1. The molecule has 1 aromatic rings. The number of nitrogens with zero attached hydrogens (tertiary/aromatic N) is 4. The van der Waals surface area contributed by atoms with Gasteiger partial charge in [0, 0.05) is 6.54 Å². The predicted octanol–water partition coefficient (Wildman–Crippen LogP) is -1.22. The molecule has 12 heavy (non-hydrogen) atoms. The highest BCUT2D eigenvalue weighted by atomic mass is 16.4. The summed E-state index contributed by atoms with van der Waals surface area (Å²) >= 11 is 0. The van der Waals surface area contributed by atoms with Crippen LogP contribution in [0.25, 0.3) is 0 Å². The molecule has 0 aliphatic heterocycles. The lowest BCUT2D eigenvalue weighted by Crippen LogP contribution is -2.24. The highest BCUT2D eigenvalue weighted by molar-refractivity contribution is 5.73. The summed E-state index contributed by atoms with van der Waals surface area (Å²) in [5.74, 6) is -0.968. The first-order valence-electron chi connectivity index (χ1n) is 3.41. The monoisotopic (exact) mass is 171 g/mol. The average Bonchev–Trinajstić information content (AvgIpc) is 2.49. The molecular formula is C5H9N5O2. The molecule has 7 heteroatoms. The van der Waals surface area contributed by atoms with Crippen molar-refractivity contribution in [1.29, 1.82) is 0 Å². The van der Waals surface area contributed by atoms with Gasteiger partial charge in [0.15, 0.2) is 11.9 Å². The maximum atomic E-state index is 10.4. The van der Waals surface area contributed by atoms with Gasteiger partial charge in [0.25, 0.3) is 0 Å². The van der Waals surface area contributed by atoms with E-state index in [-0.39, 0.29) is 5.82 Å². The molecule has 1 heterocycles. The fourth-order valence-corrected chi connectivity index (χ4v) is 0.770. The van der Waals surface area contributed by atoms with E-state index in [9.17, 15) is 4.79 Å². The summed E-state index contributed by atoms with van der Waals surface area (Å²) < 4.78 is 1.35. The van der Waals surface area contributed by atoms with Crippen LogP contribution >= 0.6 is 0 Å². The zero-order chi connectivity index (χ0) is 9.14. The van der Waals surface area contributed by atoms with Gasteiger partial charge < -0.3 is 10.8 Å². The number of rotatable bonds is 3. The first-order valence-corrected chi connectivity index (χ1v) is 3.41. The quantitative estimate of drug-likeness (QED) is 0.590. The first-order chi connectivity index (χ1) is 5.66. The number of nitrogens with two attached hydrogens (primary N) is 1. The first kappa shape index (κ1) is 8.60. The van der Waals surface area contributed by atoms with Crippen LogP contribution in [0, 0.1) is 0 Å². The number of aryl methyl sites for hydroxylation is 1. The Morgan fingerprint density at radius 3 is 3.00 bits per heavy atom. The van der Waals surface area contributed by atoms with Crippen LogP contribution in [-0.4, -0.2) is 31.3 Å². The normalized spacial score (nSPS) is 12.8. The van der Waals surface area contributed by atoms with Gasteiger partial charge in [0.2, 0.25) is 0 Å². The van der Waals surface area contributed by atoms with E-state index < -0.39 is 12.0 Å². The molecule has 0 aromatic carbocycles. The molecule has 0 bridgehead atoms. The Morgan fingerprint density at radius 2 is 2.50 bits per heavy atom. The number of carboxylic acid groups (broad SMARTS) is 1. The summed E-state index contributed by atoms with van der Waals surface area (Å²) in [5, 5.41) is 18.9. The predicted molar refractivity (Wildman–Crippen MR) is 38.1 cm³/mol. The van der Waals surface area contributed by atoms with Crippen molar-refractivity contribution in [2.24, 2.45) is 5.73 Å². The minimum Gasteiger partial charge on any atom is -0.480 e. The van der Waals surface area contributed by atoms with E-state index in [0.717, 1.165) is 0 Å². The zero-order valence-electron chi connectivity index (χ0n) is 6.51. The molecular weight excluding hydrogens is 162 g/mol. The van der Waals surface area contributed by atoms with Crippen LogP contribution in [0.2, 0.25) is 0 Å². The number of carboxylic acids is 1. The van der Waals surface area contributed by atoms with E-state index in [1.165, 1.54) is 4.68 Å². The fraction of sp³-hybridized carbons (Fsp3) is 0.600. The van der Waals surface area contributed by atoms with Gasteiger partial charge in [-0.2, -0.15) is 0 Å². The summed E-state index contributed by atoms with van der Waals surface area (Å²) in [5.41, 5.74) is 5.30. The lowest BCUT2D eigenvalue weighted by Gasteiger charge is -2.04. The molecule has 0 amide bonds. The van der Waals surface area contributed by atoms with E-state index in [2.05, 4.69) is 15.5 Å². The number of hydrogen-bond acceptors (Lipinski definition) is 5. The van der Waals surface area contributed by atoms with Gasteiger partial charge >= 0.3 is 5.97 Å². The molecule has 0 saturated carbocycles. The van der Waals surface area contributed by atoms with Gasteiger partial charge in [0.05, 0.1) is 0 Å². The summed E-state index contributed by atoms with van der Waals surface area (Å²) in [6.07, 6.45) is 0. The molecule has 0 spiro atoms. The summed E-state index contributed by atoms with van der Waals surface area (Å²) in [4.78, 5) is 10.4. The number of aliphatic carboxylic acids is 1. The van der Waals surface area contributed by atoms with Crippen LogP contribution < -0.4 is 5.73 Å².